The molecular formula is C16H32O. The highest BCUT2D eigenvalue weighted by Crippen LogP contribution is 2.20. The highest BCUT2D eigenvalue weighted by molar-refractivity contribution is 5.49. The van der Waals surface area contributed by atoms with Gasteiger partial charge < -0.3 is 4.79 Å². The quantitative estimate of drug-likeness (QED) is 0.452. The van der Waals surface area contributed by atoms with E-state index in [4.69, 9.17) is 0 Å². The molecule has 0 saturated carbocycles. The van der Waals surface area contributed by atoms with E-state index >= 15 is 0 Å². The van der Waals surface area contributed by atoms with Gasteiger partial charge in [0.2, 0.25) is 0 Å². The third-order valence-electron chi connectivity index (χ3n) is 3.65. The van der Waals surface area contributed by atoms with E-state index in [9.17, 15) is 4.79 Å². The molecule has 0 radical (unpaired) electrons. The molecule has 0 heterocycles. The Hall–Kier alpha value is -0.330. The topological polar surface area (TPSA) is 17.1 Å². The largest absolute Gasteiger partial charge is 0.303 e. The molecule has 0 rings (SSSR count). The van der Waals surface area contributed by atoms with Gasteiger partial charge in [-0.2, -0.15) is 0 Å². The second-order valence-corrected chi connectivity index (χ2v) is 6.21. The van der Waals surface area contributed by atoms with E-state index in [1.54, 1.807) is 0 Å². The number of hydrogen-bond acceptors (Lipinski definition) is 1. The van der Waals surface area contributed by atoms with Crippen molar-refractivity contribution < 1.29 is 4.79 Å². The second kappa shape index (κ2) is 10.8. The van der Waals surface area contributed by atoms with Gasteiger partial charge in [0.25, 0.3) is 0 Å². The molecule has 0 unspecified atom stereocenters. The summed E-state index contributed by atoms with van der Waals surface area (Å²) in [5.74, 6) is 2.46. The molecule has 1 heteroatoms. The van der Waals surface area contributed by atoms with Crippen molar-refractivity contribution in [1.29, 1.82) is 0 Å². The highest BCUT2D eigenvalue weighted by atomic mass is 16.1. The Labute approximate surface area is 108 Å². The zero-order chi connectivity index (χ0) is 13.1. The van der Waals surface area contributed by atoms with Gasteiger partial charge in [0.05, 0.1) is 0 Å². The average molecular weight is 240 g/mol. The molecule has 0 aromatic carbocycles. The summed E-state index contributed by atoms with van der Waals surface area (Å²) in [6.07, 6.45) is 11.0. The lowest BCUT2D eigenvalue weighted by Gasteiger charge is -2.14. The summed E-state index contributed by atoms with van der Waals surface area (Å²) in [5, 5.41) is 0. The lowest BCUT2D eigenvalue weighted by atomic mass is 9.92. The first-order chi connectivity index (χ1) is 8.06. The van der Waals surface area contributed by atoms with Crippen LogP contribution in [0.15, 0.2) is 0 Å². The summed E-state index contributed by atoms with van der Waals surface area (Å²) in [6.45, 7) is 9.27. The van der Waals surface area contributed by atoms with Gasteiger partial charge in [-0.1, -0.05) is 66.2 Å². The van der Waals surface area contributed by atoms with E-state index in [0.29, 0.717) is 0 Å². The molecule has 0 aromatic rings. The Bertz CT molecular complexity index is 174. The van der Waals surface area contributed by atoms with Crippen LogP contribution in [0.2, 0.25) is 0 Å². The fourth-order valence-corrected chi connectivity index (χ4v) is 2.33. The SMILES string of the molecule is CC(C)CCC[C@@H](C)CCC[C@@H](C)CCC=O. The first-order valence-corrected chi connectivity index (χ1v) is 7.49. The van der Waals surface area contributed by atoms with Crippen LogP contribution in [-0.2, 0) is 4.79 Å². The molecule has 0 amide bonds. The molecule has 0 fully saturated rings. The molecule has 0 aliphatic heterocycles. The van der Waals surface area contributed by atoms with E-state index in [-0.39, 0.29) is 0 Å². The maximum atomic E-state index is 10.3. The van der Waals surface area contributed by atoms with Gasteiger partial charge in [0.1, 0.15) is 6.29 Å². The predicted octanol–water partition coefficient (Wildman–Crippen LogP) is 5.23. The van der Waals surface area contributed by atoms with Gasteiger partial charge in [-0.05, 0) is 24.2 Å². The molecule has 0 bridgehead atoms. The Kier molecular flexibility index (Phi) is 10.6. The van der Waals surface area contributed by atoms with Crippen molar-refractivity contribution >= 4 is 6.29 Å². The third kappa shape index (κ3) is 11.9. The summed E-state index contributed by atoms with van der Waals surface area (Å²) < 4.78 is 0. The van der Waals surface area contributed by atoms with Crippen LogP contribution in [-0.4, -0.2) is 6.29 Å². The van der Waals surface area contributed by atoms with Crippen LogP contribution in [0.1, 0.15) is 79.1 Å². The Morgan fingerprint density at radius 2 is 1.24 bits per heavy atom. The molecule has 0 aliphatic rings. The Morgan fingerprint density at radius 1 is 0.765 bits per heavy atom. The fourth-order valence-electron chi connectivity index (χ4n) is 2.33. The van der Waals surface area contributed by atoms with Gasteiger partial charge >= 0.3 is 0 Å². The number of hydrogen-bond donors (Lipinski definition) is 0. The number of carbonyl (C=O) groups excluding carboxylic acids is 1. The average Bonchev–Trinajstić information content (AvgIpc) is 2.25. The van der Waals surface area contributed by atoms with Crippen LogP contribution in [0.3, 0.4) is 0 Å². The number of carbonyl (C=O) groups is 1. The van der Waals surface area contributed by atoms with Crippen LogP contribution >= 0.6 is 0 Å². The maximum Gasteiger partial charge on any atom is 0.120 e. The summed E-state index contributed by atoms with van der Waals surface area (Å²) in [7, 11) is 0. The minimum absolute atomic E-state index is 0.725. The van der Waals surface area contributed by atoms with Crippen molar-refractivity contribution in [3.63, 3.8) is 0 Å². The van der Waals surface area contributed by atoms with Crippen LogP contribution in [0, 0.1) is 17.8 Å². The minimum atomic E-state index is 0.725. The van der Waals surface area contributed by atoms with E-state index in [1.807, 2.05) is 0 Å². The summed E-state index contributed by atoms with van der Waals surface area (Å²) in [6, 6.07) is 0. The maximum absolute atomic E-state index is 10.3. The molecule has 102 valence electrons. The van der Waals surface area contributed by atoms with Crippen LogP contribution in [0.5, 0.6) is 0 Å². The molecule has 0 aromatic heterocycles. The van der Waals surface area contributed by atoms with Gasteiger partial charge in [-0.15, -0.1) is 0 Å². The van der Waals surface area contributed by atoms with E-state index in [2.05, 4.69) is 27.7 Å². The predicted molar refractivity (Wildman–Crippen MR) is 76.2 cm³/mol. The summed E-state index contributed by atoms with van der Waals surface area (Å²) in [4.78, 5) is 10.3. The molecule has 1 nitrogen and oxygen atoms in total. The molecule has 17 heavy (non-hydrogen) atoms. The molecule has 0 spiro atoms. The van der Waals surface area contributed by atoms with E-state index in [1.165, 1.54) is 38.5 Å². The van der Waals surface area contributed by atoms with Crippen LogP contribution in [0.25, 0.3) is 0 Å². The summed E-state index contributed by atoms with van der Waals surface area (Å²) in [5.41, 5.74) is 0. The molecule has 0 aliphatic carbocycles. The van der Waals surface area contributed by atoms with Crippen molar-refractivity contribution in [2.24, 2.45) is 17.8 Å². The standard InChI is InChI=1S/C16H32O/c1-14(2)8-5-9-15(3)10-6-11-16(4)12-7-13-17/h13-16H,5-12H2,1-4H3/t15-,16-/m1/s1. The monoisotopic (exact) mass is 240 g/mol. The molecular weight excluding hydrogens is 208 g/mol. The minimum Gasteiger partial charge on any atom is -0.303 e. The first kappa shape index (κ1) is 16.7. The van der Waals surface area contributed by atoms with Crippen molar-refractivity contribution in [2.45, 2.75) is 79.1 Å². The lowest BCUT2D eigenvalue weighted by molar-refractivity contribution is -0.108. The molecule has 2 atom stereocenters. The van der Waals surface area contributed by atoms with Crippen LogP contribution < -0.4 is 0 Å². The third-order valence-corrected chi connectivity index (χ3v) is 3.65. The number of rotatable bonds is 11. The van der Waals surface area contributed by atoms with Gasteiger partial charge in [-0.25, -0.2) is 0 Å². The fraction of sp³-hybridized carbons (Fsp3) is 0.938. The smallest absolute Gasteiger partial charge is 0.120 e. The van der Waals surface area contributed by atoms with E-state index < -0.39 is 0 Å². The van der Waals surface area contributed by atoms with Gasteiger partial charge in [-0.3, -0.25) is 0 Å². The zero-order valence-electron chi connectivity index (χ0n) is 12.4. The van der Waals surface area contributed by atoms with Crippen molar-refractivity contribution in [1.82, 2.24) is 0 Å². The van der Waals surface area contributed by atoms with Gasteiger partial charge in [0, 0.05) is 6.42 Å². The van der Waals surface area contributed by atoms with Crippen molar-refractivity contribution in [3.8, 4) is 0 Å². The normalized spacial score (nSPS) is 14.9. The Balaban J connectivity index is 3.37. The lowest BCUT2D eigenvalue weighted by Crippen LogP contribution is -2.00. The summed E-state index contributed by atoms with van der Waals surface area (Å²) >= 11 is 0. The Morgan fingerprint density at radius 3 is 1.71 bits per heavy atom. The number of aldehydes is 1. The highest BCUT2D eigenvalue weighted by Gasteiger charge is 2.06. The zero-order valence-corrected chi connectivity index (χ0v) is 12.4. The van der Waals surface area contributed by atoms with E-state index in [0.717, 1.165) is 36.9 Å². The van der Waals surface area contributed by atoms with Crippen molar-refractivity contribution in [3.05, 3.63) is 0 Å². The van der Waals surface area contributed by atoms with Gasteiger partial charge in [0.15, 0.2) is 0 Å². The second-order valence-electron chi connectivity index (χ2n) is 6.21. The molecule has 0 N–H and O–H groups in total. The molecule has 0 saturated heterocycles. The van der Waals surface area contributed by atoms with Crippen molar-refractivity contribution in [2.75, 3.05) is 0 Å². The van der Waals surface area contributed by atoms with Crippen LogP contribution in [0.4, 0.5) is 0 Å². The first-order valence-electron chi connectivity index (χ1n) is 7.49.